The Kier molecular flexibility index (Phi) is 3.97. The summed E-state index contributed by atoms with van der Waals surface area (Å²) in [6.07, 6.45) is 2.54. The van der Waals surface area contributed by atoms with Gasteiger partial charge in [0.2, 0.25) is 0 Å². The molecule has 0 saturated heterocycles. The minimum Gasteiger partial charge on any atom is -0.372 e. The zero-order valence-electron chi connectivity index (χ0n) is 10.8. The van der Waals surface area contributed by atoms with Gasteiger partial charge in [0.15, 0.2) is 0 Å². The van der Waals surface area contributed by atoms with Crippen molar-refractivity contribution in [3.8, 4) is 0 Å². The van der Waals surface area contributed by atoms with Gasteiger partial charge in [0.1, 0.15) is 11.6 Å². The third-order valence-corrected chi connectivity index (χ3v) is 3.25. The number of aromatic nitrogens is 2. The lowest BCUT2D eigenvalue weighted by Crippen LogP contribution is -2.02. The van der Waals surface area contributed by atoms with Crippen LogP contribution in [0.15, 0.2) is 28.9 Å². The van der Waals surface area contributed by atoms with E-state index in [1.807, 2.05) is 7.05 Å². The molecule has 0 fully saturated rings. The number of hydrogen-bond donors (Lipinski definition) is 1. The fourth-order valence-corrected chi connectivity index (χ4v) is 2.41. The highest BCUT2D eigenvalue weighted by Gasteiger charge is 2.05. The van der Waals surface area contributed by atoms with Crippen molar-refractivity contribution in [2.45, 2.75) is 20.3 Å². The maximum atomic E-state index is 4.48. The standard InChI is InChI=1S/C14H16BrN3/c1-9-4-10(2)6-11(5-9)7-13-17-8-12(15)14(16-3)18-13/h4-6,8H,7H2,1-3H3,(H,16,17,18). The zero-order chi connectivity index (χ0) is 13.1. The lowest BCUT2D eigenvalue weighted by molar-refractivity contribution is 0.960. The molecule has 0 spiro atoms. The van der Waals surface area contributed by atoms with Crippen molar-refractivity contribution in [3.63, 3.8) is 0 Å². The molecular formula is C14H16BrN3. The van der Waals surface area contributed by atoms with E-state index < -0.39 is 0 Å². The molecule has 1 aromatic heterocycles. The van der Waals surface area contributed by atoms with Crippen molar-refractivity contribution in [2.75, 3.05) is 12.4 Å². The summed E-state index contributed by atoms with van der Waals surface area (Å²) in [5, 5.41) is 3.05. The minimum atomic E-state index is 0.754. The Balaban J connectivity index is 2.28. The second kappa shape index (κ2) is 5.48. The van der Waals surface area contributed by atoms with Crippen LogP contribution in [-0.4, -0.2) is 17.0 Å². The molecule has 4 heteroatoms. The van der Waals surface area contributed by atoms with Crippen LogP contribution < -0.4 is 5.32 Å². The molecule has 2 rings (SSSR count). The highest BCUT2D eigenvalue weighted by Crippen LogP contribution is 2.19. The molecule has 94 valence electrons. The Hall–Kier alpha value is -1.42. The molecule has 0 bridgehead atoms. The van der Waals surface area contributed by atoms with Crippen LogP contribution in [0.25, 0.3) is 0 Å². The van der Waals surface area contributed by atoms with Gasteiger partial charge in [0.25, 0.3) is 0 Å². The van der Waals surface area contributed by atoms with Gasteiger partial charge in [-0.1, -0.05) is 29.3 Å². The van der Waals surface area contributed by atoms with Gasteiger partial charge in [0, 0.05) is 19.7 Å². The SMILES string of the molecule is CNc1nc(Cc2cc(C)cc(C)c2)ncc1Br. The van der Waals surface area contributed by atoms with Crippen LogP contribution in [0, 0.1) is 13.8 Å². The molecule has 0 aliphatic heterocycles. The number of hydrogen-bond acceptors (Lipinski definition) is 3. The van der Waals surface area contributed by atoms with E-state index in [9.17, 15) is 0 Å². The van der Waals surface area contributed by atoms with Crippen molar-refractivity contribution in [1.82, 2.24) is 9.97 Å². The fraction of sp³-hybridized carbons (Fsp3) is 0.286. The maximum Gasteiger partial charge on any atom is 0.143 e. The van der Waals surface area contributed by atoms with E-state index in [1.165, 1.54) is 16.7 Å². The Bertz CT molecular complexity index is 547. The summed E-state index contributed by atoms with van der Waals surface area (Å²) in [7, 11) is 1.85. The van der Waals surface area contributed by atoms with Crippen molar-refractivity contribution in [1.29, 1.82) is 0 Å². The number of nitrogens with zero attached hydrogens (tertiary/aromatic N) is 2. The molecule has 1 heterocycles. The number of aryl methyl sites for hydroxylation is 2. The third kappa shape index (κ3) is 3.07. The summed E-state index contributed by atoms with van der Waals surface area (Å²) in [6.45, 7) is 4.22. The second-order valence-corrected chi connectivity index (χ2v) is 5.26. The maximum absolute atomic E-state index is 4.48. The van der Waals surface area contributed by atoms with E-state index in [2.05, 4.69) is 63.3 Å². The first-order valence-corrected chi connectivity index (χ1v) is 6.64. The van der Waals surface area contributed by atoms with Gasteiger partial charge in [-0.2, -0.15) is 0 Å². The van der Waals surface area contributed by atoms with Gasteiger partial charge >= 0.3 is 0 Å². The Labute approximate surface area is 116 Å². The van der Waals surface area contributed by atoms with E-state index in [4.69, 9.17) is 0 Å². The predicted molar refractivity (Wildman–Crippen MR) is 78.0 cm³/mol. The van der Waals surface area contributed by atoms with Gasteiger partial charge in [-0.15, -0.1) is 0 Å². The van der Waals surface area contributed by atoms with Crippen LogP contribution in [0.5, 0.6) is 0 Å². The molecular weight excluding hydrogens is 290 g/mol. The first kappa shape index (κ1) is 13.0. The molecule has 0 amide bonds. The van der Waals surface area contributed by atoms with Crippen LogP contribution in [0.1, 0.15) is 22.5 Å². The first-order valence-electron chi connectivity index (χ1n) is 5.85. The monoisotopic (exact) mass is 305 g/mol. The Morgan fingerprint density at radius 2 is 1.83 bits per heavy atom. The lowest BCUT2D eigenvalue weighted by Gasteiger charge is -2.07. The highest BCUT2D eigenvalue weighted by molar-refractivity contribution is 9.10. The Morgan fingerprint density at radius 3 is 2.44 bits per heavy atom. The molecule has 1 N–H and O–H groups in total. The molecule has 3 nitrogen and oxygen atoms in total. The lowest BCUT2D eigenvalue weighted by atomic mass is 10.0. The number of halogens is 1. The Morgan fingerprint density at radius 1 is 1.17 bits per heavy atom. The van der Waals surface area contributed by atoms with Crippen molar-refractivity contribution in [2.24, 2.45) is 0 Å². The zero-order valence-corrected chi connectivity index (χ0v) is 12.4. The van der Waals surface area contributed by atoms with E-state index in [0.717, 1.165) is 22.5 Å². The molecule has 0 aliphatic rings. The molecule has 18 heavy (non-hydrogen) atoms. The third-order valence-electron chi connectivity index (χ3n) is 2.67. The van der Waals surface area contributed by atoms with E-state index in [0.29, 0.717) is 0 Å². The van der Waals surface area contributed by atoms with E-state index in [-0.39, 0.29) is 0 Å². The smallest absolute Gasteiger partial charge is 0.143 e. The van der Waals surface area contributed by atoms with Crippen LogP contribution in [0.3, 0.4) is 0 Å². The molecule has 2 aromatic rings. The van der Waals surface area contributed by atoms with Gasteiger partial charge < -0.3 is 5.32 Å². The molecule has 0 atom stereocenters. The van der Waals surface area contributed by atoms with Crippen LogP contribution >= 0.6 is 15.9 Å². The topological polar surface area (TPSA) is 37.8 Å². The minimum absolute atomic E-state index is 0.754. The average molecular weight is 306 g/mol. The van der Waals surface area contributed by atoms with Crippen LogP contribution in [0.4, 0.5) is 5.82 Å². The van der Waals surface area contributed by atoms with E-state index >= 15 is 0 Å². The second-order valence-electron chi connectivity index (χ2n) is 4.41. The average Bonchev–Trinajstić information content (AvgIpc) is 2.30. The van der Waals surface area contributed by atoms with Crippen molar-refractivity contribution in [3.05, 3.63) is 51.4 Å². The van der Waals surface area contributed by atoms with E-state index in [1.54, 1.807) is 6.20 Å². The summed E-state index contributed by atoms with van der Waals surface area (Å²) >= 11 is 3.41. The quantitative estimate of drug-likeness (QED) is 0.943. The molecule has 0 unspecified atom stereocenters. The van der Waals surface area contributed by atoms with Crippen LogP contribution in [0.2, 0.25) is 0 Å². The number of benzene rings is 1. The molecule has 0 radical (unpaired) electrons. The number of anilines is 1. The summed E-state index contributed by atoms with van der Waals surface area (Å²) in [5.74, 6) is 1.65. The summed E-state index contributed by atoms with van der Waals surface area (Å²) in [5.41, 5.74) is 3.80. The largest absolute Gasteiger partial charge is 0.372 e. The summed E-state index contributed by atoms with van der Waals surface area (Å²) < 4.78 is 0.883. The molecule has 0 saturated carbocycles. The molecule has 0 aliphatic carbocycles. The van der Waals surface area contributed by atoms with Crippen molar-refractivity contribution < 1.29 is 0 Å². The van der Waals surface area contributed by atoms with Crippen molar-refractivity contribution >= 4 is 21.7 Å². The molecule has 1 aromatic carbocycles. The fourth-order valence-electron chi connectivity index (χ4n) is 2.02. The predicted octanol–water partition coefficient (Wildman–Crippen LogP) is 3.49. The number of nitrogens with one attached hydrogen (secondary N) is 1. The summed E-state index contributed by atoms with van der Waals surface area (Å²) in [6, 6.07) is 6.53. The van der Waals surface area contributed by atoms with Gasteiger partial charge in [-0.05, 0) is 35.3 Å². The normalized spacial score (nSPS) is 10.4. The van der Waals surface area contributed by atoms with Gasteiger partial charge in [-0.25, -0.2) is 9.97 Å². The number of rotatable bonds is 3. The first-order chi connectivity index (χ1) is 8.58. The van der Waals surface area contributed by atoms with Gasteiger partial charge in [0.05, 0.1) is 4.47 Å². The van der Waals surface area contributed by atoms with Gasteiger partial charge in [-0.3, -0.25) is 0 Å². The highest BCUT2D eigenvalue weighted by atomic mass is 79.9. The van der Waals surface area contributed by atoms with Crippen LogP contribution in [-0.2, 0) is 6.42 Å². The summed E-state index contributed by atoms with van der Waals surface area (Å²) in [4.78, 5) is 8.82.